The lowest BCUT2D eigenvalue weighted by atomic mass is 9.99. The van der Waals surface area contributed by atoms with E-state index in [0.717, 1.165) is 17.5 Å². The van der Waals surface area contributed by atoms with E-state index in [9.17, 15) is 15.2 Å². The molecule has 4 aromatic rings. The molecule has 0 spiro atoms. The highest BCUT2D eigenvalue weighted by molar-refractivity contribution is 6.29. The van der Waals surface area contributed by atoms with E-state index in [1.54, 1.807) is 12.1 Å². The number of aromatic nitrogens is 3. The van der Waals surface area contributed by atoms with Gasteiger partial charge in [-0.15, -0.1) is 0 Å². The van der Waals surface area contributed by atoms with Crippen molar-refractivity contribution in [1.82, 2.24) is 15.0 Å². The number of hydrogen-bond donors (Lipinski definition) is 2. The number of hydrogen-bond acceptors (Lipinski definition) is 7. The van der Waals surface area contributed by atoms with Crippen molar-refractivity contribution >= 4 is 40.1 Å². The molecule has 0 bridgehead atoms. The maximum absolute atomic E-state index is 11.8. The first-order valence-corrected chi connectivity index (χ1v) is 12.7. The number of nitriles is 1. The monoisotopic (exact) mass is 526 g/mol. The Balaban J connectivity index is 1.57. The molecule has 9 heteroatoms. The SMILES string of the molecule is Cc1cc([C@@H](C)Nc2ccc(Cl)nc2C(=O)O)c2nc(N(C)C3Cc4ccccc4C3C)c(C#N)nc2c1. The summed E-state index contributed by atoms with van der Waals surface area (Å²) >= 11 is 5.93. The molecule has 2 aromatic carbocycles. The van der Waals surface area contributed by atoms with Gasteiger partial charge in [-0.2, -0.15) is 5.26 Å². The number of fused-ring (bicyclic) bond motifs is 2. The van der Waals surface area contributed by atoms with Crippen LogP contribution in [0.3, 0.4) is 0 Å². The average molecular weight is 527 g/mol. The lowest BCUT2D eigenvalue weighted by molar-refractivity contribution is 0.0691. The minimum atomic E-state index is -1.18. The Labute approximate surface area is 225 Å². The van der Waals surface area contributed by atoms with Crippen LogP contribution in [0.4, 0.5) is 11.5 Å². The van der Waals surface area contributed by atoms with Crippen molar-refractivity contribution < 1.29 is 9.90 Å². The largest absolute Gasteiger partial charge is 0.476 e. The van der Waals surface area contributed by atoms with Crippen molar-refractivity contribution in [2.75, 3.05) is 17.3 Å². The number of pyridine rings is 1. The van der Waals surface area contributed by atoms with Gasteiger partial charge in [-0.05, 0) is 55.2 Å². The maximum Gasteiger partial charge on any atom is 0.356 e. The predicted octanol–water partition coefficient (Wildman–Crippen LogP) is 5.89. The predicted molar refractivity (Wildman–Crippen MR) is 148 cm³/mol. The van der Waals surface area contributed by atoms with Crippen LogP contribution in [0.2, 0.25) is 5.15 Å². The Morgan fingerprint density at radius 1 is 1.21 bits per heavy atom. The fourth-order valence-corrected chi connectivity index (χ4v) is 5.55. The van der Waals surface area contributed by atoms with Crippen LogP contribution in [-0.2, 0) is 6.42 Å². The van der Waals surface area contributed by atoms with Crippen LogP contribution >= 0.6 is 11.6 Å². The number of nitrogens with zero attached hydrogens (tertiary/aromatic N) is 5. The highest BCUT2D eigenvalue weighted by Crippen LogP contribution is 2.38. The van der Waals surface area contributed by atoms with Crippen molar-refractivity contribution in [3.63, 3.8) is 0 Å². The molecule has 2 unspecified atom stereocenters. The van der Waals surface area contributed by atoms with Gasteiger partial charge in [0.05, 0.1) is 22.8 Å². The molecule has 8 nitrogen and oxygen atoms in total. The topological polar surface area (TPSA) is 115 Å². The average Bonchev–Trinajstić information content (AvgIpc) is 3.24. The van der Waals surface area contributed by atoms with E-state index >= 15 is 0 Å². The van der Waals surface area contributed by atoms with Gasteiger partial charge in [-0.25, -0.2) is 19.7 Å². The minimum Gasteiger partial charge on any atom is -0.476 e. The number of rotatable bonds is 6. The lowest BCUT2D eigenvalue weighted by Crippen LogP contribution is -2.35. The molecule has 0 saturated heterocycles. The molecular formula is C29H27ClN6O2. The standard InChI is InChI=1S/C29H27ClN6O2/c1-15-11-20(17(3)32-21-9-10-25(30)34-27(21)29(37)38)26-22(12-15)33-23(14-31)28(35-26)36(4)24-13-18-7-5-6-8-19(18)16(24)2/h5-12,16-17,24,32H,13H2,1-4H3,(H,37,38)/t16?,17-,24?/m1/s1. The first-order valence-electron chi connectivity index (χ1n) is 12.4. The van der Waals surface area contributed by atoms with Gasteiger partial charge in [0.2, 0.25) is 0 Å². The Morgan fingerprint density at radius 2 is 1.97 bits per heavy atom. The molecule has 0 amide bonds. The number of aromatic carboxylic acids is 1. The molecule has 0 aliphatic heterocycles. The molecule has 0 saturated carbocycles. The molecule has 192 valence electrons. The van der Waals surface area contributed by atoms with Crippen molar-refractivity contribution in [3.8, 4) is 6.07 Å². The first-order chi connectivity index (χ1) is 18.2. The third kappa shape index (κ3) is 4.50. The quantitative estimate of drug-likeness (QED) is 0.299. The normalized spacial score (nSPS) is 17.1. The summed E-state index contributed by atoms with van der Waals surface area (Å²) < 4.78 is 0. The van der Waals surface area contributed by atoms with Crippen LogP contribution in [0, 0.1) is 18.3 Å². The summed E-state index contributed by atoms with van der Waals surface area (Å²) in [6.45, 7) is 6.08. The summed E-state index contributed by atoms with van der Waals surface area (Å²) in [5.41, 5.74) is 6.13. The molecule has 5 rings (SSSR count). The molecule has 0 fully saturated rings. The van der Waals surface area contributed by atoms with E-state index in [1.165, 1.54) is 11.1 Å². The number of benzene rings is 2. The Hall–Kier alpha value is -4.22. The van der Waals surface area contributed by atoms with E-state index < -0.39 is 5.97 Å². The number of halogens is 1. The van der Waals surface area contributed by atoms with Crippen LogP contribution in [0.5, 0.6) is 0 Å². The summed E-state index contributed by atoms with van der Waals surface area (Å²) in [6.07, 6.45) is 0.860. The van der Waals surface area contributed by atoms with Gasteiger partial charge in [-0.3, -0.25) is 0 Å². The van der Waals surface area contributed by atoms with E-state index in [-0.39, 0.29) is 34.5 Å². The zero-order chi connectivity index (χ0) is 27.1. The number of aryl methyl sites for hydroxylation is 1. The van der Waals surface area contributed by atoms with Crippen LogP contribution < -0.4 is 10.2 Å². The van der Waals surface area contributed by atoms with Crippen LogP contribution in [0.1, 0.15) is 64.2 Å². The van der Waals surface area contributed by atoms with E-state index in [2.05, 4.69) is 52.5 Å². The number of nitrogens with one attached hydrogen (secondary N) is 1. The third-order valence-electron chi connectivity index (χ3n) is 7.32. The maximum atomic E-state index is 11.8. The second kappa shape index (κ2) is 9.92. The number of carboxylic acids is 1. The zero-order valence-corrected chi connectivity index (χ0v) is 22.3. The molecule has 2 aromatic heterocycles. The minimum absolute atomic E-state index is 0.104. The van der Waals surface area contributed by atoms with Crippen LogP contribution in [0.15, 0.2) is 48.5 Å². The number of likely N-dealkylation sites (N-methyl/N-ethyl adjacent to an activating group) is 1. The summed E-state index contributed by atoms with van der Waals surface area (Å²) in [5, 5.41) is 23.0. The smallest absolute Gasteiger partial charge is 0.356 e. The lowest BCUT2D eigenvalue weighted by Gasteiger charge is -2.30. The number of anilines is 2. The summed E-state index contributed by atoms with van der Waals surface area (Å²) in [5.74, 6) is -0.378. The van der Waals surface area contributed by atoms with Crippen molar-refractivity contribution in [1.29, 1.82) is 5.26 Å². The van der Waals surface area contributed by atoms with E-state index in [0.29, 0.717) is 22.5 Å². The fraction of sp³-hybridized carbons (Fsp3) is 0.276. The van der Waals surface area contributed by atoms with Crippen molar-refractivity contribution in [2.24, 2.45) is 0 Å². The van der Waals surface area contributed by atoms with Gasteiger partial charge in [0.25, 0.3) is 0 Å². The van der Waals surface area contributed by atoms with E-state index in [1.807, 2.05) is 33.0 Å². The highest BCUT2D eigenvalue weighted by atomic mass is 35.5. The molecule has 2 N–H and O–H groups in total. The second-order valence-electron chi connectivity index (χ2n) is 9.80. The Morgan fingerprint density at radius 3 is 2.68 bits per heavy atom. The molecular weight excluding hydrogens is 500 g/mol. The summed E-state index contributed by atoms with van der Waals surface area (Å²) in [7, 11) is 1.97. The van der Waals surface area contributed by atoms with Crippen molar-refractivity contribution in [3.05, 3.63) is 87.3 Å². The molecule has 38 heavy (non-hydrogen) atoms. The van der Waals surface area contributed by atoms with Gasteiger partial charge < -0.3 is 15.3 Å². The van der Waals surface area contributed by atoms with E-state index in [4.69, 9.17) is 21.6 Å². The molecule has 1 aliphatic carbocycles. The summed E-state index contributed by atoms with van der Waals surface area (Å²) in [4.78, 5) is 27.5. The Kier molecular flexibility index (Phi) is 6.64. The molecule has 2 heterocycles. The first kappa shape index (κ1) is 25.4. The van der Waals surface area contributed by atoms with Gasteiger partial charge >= 0.3 is 5.97 Å². The molecule has 0 radical (unpaired) electrons. The highest BCUT2D eigenvalue weighted by Gasteiger charge is 2.33. The third-order valence-corrected chi connectivity index (χ3v) is 7.53. The molecule has 1 aliphatic rings. The fourth-order valence-electron chi connectivity index (χ4n) is 5.40. The number of carbonyl (C=O) groups is 1. The van der Waals surface area contributed by atoms with Gasteiger partial charge in [0, 0.05) is 24.6 Å². The zero-order valence-electron chi connectivity index (χ0n) is 21.5. The number of carboxylic acid groups (broad SMARTS) is 1. The summed E-state index contributed by atoms with van der Waals surface area (Å²) in [6, 6.07) is 17.5. The van der Waals surface area contributed by atoms with Gasteiger partial charge in [0.15, 0.2) is 17.2 Å². The molecule has 3 atom stereocenters. The second-order valence-corrected chi connectivity index (χ2v) is 10.2. The van der Waals surface area contributed by atoms with Crippen LogP contribution in [-0.4, -0.2) is 39.1 Å². The van der Waals surface area contributed by atoms with Crippen LogP contribution in [0.25, 0.3) is 11.0 Å². The van der Waals surface area contributed by atoms with Gasteiger partial charge in [0.1, 0.15) is 11.2 Å². The Bertz CT molecular complexity index is 1620. The van der Waals surface area contributed by atoms with Gasteiger partial charge in [-0.1, -0.05) is 48.9 Å². The van der Waals surface area contributed by atoms with Crippen molar-refractivity contribution in [2.45, 2.75) is 45.2 Å².